The van der Waals surface area contributed by atoms with Gasteiger partial charge in [-0.25, -0.2) is 15.0 Å². The van der Waals surface area contributed by atoms with Crippen molar-refractivity contribution in [3.8, 4) is 28.5 Å². The van der Waals surface area contributed by atoms with Crippen LogP contribution in [-0.4, -0.2) is 62.9 Å². The van der Waals surface area contributed by atoms with E-state index in [1.165, 1.54) is 0 Å². The van der Waals surface area contributed by atoms with Gasteiger partial charge in [0.1, 0.15) is 17.1 Å². The zero-order valence-electron chi connectivity index (χ0n) is 17.3. The summed E-state index contributed by atoms with van der Waals surface area (Å²) in [6.45, 7) is 2.66. The number of hydrogen-bond donors (Lipinski definition) is 1. The van der Waals surface area contributed by atoms with Gasteiger partial charge >= 0.3 is 0 Å². The smallest absolute Gasteiger partial charge is 0.229 e. The lowest BCUT2D eigenvalue weighted by molar-refractivity contribution is 0.122. The molecular formula is C21H22N8O2. The highest BCUT2D eigenvalue weighted by atomic mass is 16.5. The molecular weight excluding hydrogens is 396 g/mol. The molecule has 5 rings (SSSR count). The molecule has 10 heteroatoms. The molecule has 0 atom stereocenters. The number of benzene rings is 1. The summed E-state index contributed by atoms with van der Waals surface area (Å²) in [5.41, 5.74) is 9.34. The first-order valence-electron chi connectivity index (χ1n) is 9.94. The fourth-order valence-electron chi connectivity index (χ4n) is 3.56. The van der Waals surface area contributed by atoms with Crippen LogP contribution in [0.2, 0.25) is 0 Å². The first kappa shape index (κ1) is 19.2. The Morgan fingerprint density at radius 1 is 1.00 bits per heavy atom. The molecule has 1 saturated heterocycles. The summed E-state index contributed by atoms with van der Waals surface area (Å²) in [4.78, 5) is 25.4. The molecule has 1 aliphatic heterocycles. The minimum absolute atomic E-state index is 0.288. The molecule has 0 bridgehead atoms. The molecule has 4 heterocycles. The molecule has 10 nitrogen and oxygen atoms in total. The van der Waals surface area contributed by atoms with Crippen LogP contribution < -0.4 is 15.4 Å². The normalized spacial score (nSPS) is 14.2. The Hall–Kier alpha value is -3.79. The zero-order valence-corrected chi connectivity index (χ0v) is 17.3. The minimum Gasteiger partial charge on any atom is -0.497 e. The predicted octanol–water partition coefficient (Wildman–Crippen LogP) is 1.91. The molecule has 3 aromatic heterocycles. The van der Waals surface area contributed by atoms with Crippen LogP contribution >= 0.6 is 0 Å². The van der Waals surface area contributed by atoms with Crippen LogP contribution in [0.15, 0.2) is 36.7 Å². The standard InChI is InChI=1S/C21H22N8O2/c1-28-8-7-23-20(28)16-15(13-3-5-14(30-2)6-4-13)25-19-17(24-16)18(22)26-21(27-19)29-9-11-31-12-10-29/h3-8H,9-12H2,1-2H3,(H2,22,25,26,27). The summed E-state index contributed by atoms with van der Waals surface area (Å²) < 4.78 is 12.6. The quantitative estimate of drug-likeness (QED) is 0.530. The number of anilines is 2. The number of aromatic nitrogens is 6. The van der Waals surface area contributed by atoms with Crippen LogP contribution in [0.1, 0.15) is 0 Å². The highest BCUT2D eigenvalue weighted by Gasteiger charge is 2.21. The van der Waals surface area contributed by atoms with E-state index in [0.717, 1.165) is 11.3 Å². The van der Waals surface area contributed by atoms with E-state index < -0.39 is 0 Å². The number of morpholine rings is 1. The first-order chi connectivity index (χ1) is 15.1. The van der Waals surface area contributed by atoms with E-state index >= 15 is 0 Å². The Morgan fingerprint density at radius 2 is 1.77 bits per heavy atom. The zero-order chi connectivity index (χ0) is 21.4. The average molecular weight is 418 g/mol. The van der Waals surface area contributed by atoms with Gasteiger partial charge in [-0.15, -0.1) is 0 Å². The van der Waals surface area contributed by atoms with Crippen LogP contribution in [0.5, 0.6) is 5.75 Å². The highest BCUT2D eigenvalue weighted by Crippen LogP contribution is 2.32. The Bertz CT molecular complexity index is 1230. The van der Waals surface area contributed by atoms with E-state index in [2.05, 4.69) is 15.0 Å². The lowest BCUT2D eigenvalue weighted by atomic mass is 10.1. The third-order valence-electron chi connectivity index (χ3n) is 5.24. The van der Waals surface area contributed by atoms with Crippen molar-refractivity contribution in [1.82, 2.24) is 29.5 Å². The van der Waals surface area contributed by atoms with E-state index in [9.17, 15) is 0 Å². The van der Waals surface area contributed by atoms with Crippen molar-refractivity contribution in [2.24, 2.45) is 7.05 Å². The van der Waals surface area contributed by atoms with Gasteiger partial charge in [0, 0.05) is 38.1 Å². The average Bonchev–Trinajstić information content (AvgIpc) is 3.24. The van der Waals surface area contributed by atoms with E-state index in [4.69, 9.17) is 25.2 Å². The number of nitrogens with two attached hydrogens (primary N) is 1. The maximum Gasteiger partial charge on any atom is 0.229 e. The van der Waals surface area contributed by atoms with Crippen molar-refractivity contribution in [3.05, 3.63) is 36.7 Å². The van der Waals surface area contributed by atoms with Gasteiger partial charge in [-0.1, -0.05) is 0 Å². The number of nitrogens with zero attached hydrogens (tertiary/aromatic N) is 7. The number of aryl methyl sites for hydroxylation is 1. The van der Waals surface area contributed by atoms with Crippen molar-refractivity contribution in [2.45, 2.75) is 0 Å². The van der Waals surface area contributed by atoms with E-state index in [0.29, 0.717) is 60.6 Å². The lowest BCUT2D eigenvalue weighted by Crippen LogP contribution is -2.37. The molecule has 31 heavy (non-hydrogen) atoms. The summed E-state index contributed by atoms with van der Waals surface area (Å²) in [5.74, 6) is 2.26. The number of hydrogen-bond acceptors (Lipinski definition) is 9. The summed E-state index contributed by atoms with van der Waals surface area (Å²) in [5, 5.41) is 0. The molecule has 2 N–H and O–H groups in total. The maximum absolute atomic E-state index is 6.30. The molecule has 1 aliphatic rings. The minimum atomic E-state index is 0.288. The summed E-state index contributed by atoms with van der Waals surface area (Å²) in [7, 11) is 3.55. The first-order valence-corrected chi connectivity index (χ1v) is 9.94. The van der Waals surface area contributed by atoms with Gasteiger partial charge in [0.15, 0.2) is 22.8 Å². The molecule has 0 radical (unpaired) electrons. The monoisotopic (exact) mass is 418 g/mol. The SMILES string of the molecule is COc1ccc(-c2nc3nc(N4CCOCC4)nc(N)c3nc2-c2nccn2C)cc1. The fourth-order valence-corrected chi connectivity index (χ4v) is 3.56. The Labute approximate surface area is 178 Å². The Kier molecular flexibility index (Phi) is 4.83. The van der Waals surface area contributed by atoms with Crippen LogP contribution in [0.4, 0.5) is 11.8 Å². The number of nitrogen functional groups attached to an aromatic ring is 1. The van der Waals surface area contributed by atoms with Gasteiger partial charge in [-0.3, -0.25) is 0 Å². The predicted molar refractivity (Wildman–Crippen MR) is 117 cm³/mol. The number of rotatable bonds is 4. The number of imidazole rings is 1. The third-order valence-corrected chi connectivity index (χ3v) is 5.24. The van der Waals surface area contributed by atoms with Crippen molar-refractivity contribution in [1.29, 1.82) is 0 Å². The van der Waals surface area contributed by atoms with Gasteiger partial charge in [0.25, 0.3) is 0 Å². The third kappa shape index (κ3) is 3.50. The highest BCUT2D eigenvalue weighted by molar-refractivity contribution is 5.88. The largest absolute Gasteiger partial charge is 0.497 e. The van der Waals surface area contributed by atoms with Crippen LogP contribution in [0, 0.1) is 0 Å². The molecule has 158 valence electrons. The Balaban J connectivity index is 1.71. The number of ether oxygens (including phenoxy) is 2. The second-order valence-corrected chi connectivity index (χ2v) is 7.19. The van der Waals surface area contributed by atoms with E-state index in [1.54, 1.807) is 13.3 Å². The second kappa shape index (κ2) is 7.80. The molecule has 4 aromatic rings. The lowest BCUT2D eigenvalue weighted by Gasteiger charge is -2.26. The molecule has 1 aromatic carbocycles. The molecule has 0 saturated carbocycles. The van der Waals surface area contributed by atoms with Gasteiger partial charge in [-0.05, 0) is 24.3 Å². The van der Waals surface area contributed by atoms with Gasteiger partial charge in [-0.2, -0.15) is 9.97 Å². The van der Waals surface area contributed by atoms with Crippen molar-refractivity contribution < 1.29 is 9.47 Å². The van der Waals surface area contributed by atoms with Crippen LogP contribution in [-0.2, 0) is 11.8 Å². The summed E-state index contributed by atoms with van der Waals surface area (Å²) >= 11 is 0. The number of methoxy groups -OCH3 is 1. The summed E-state index contributed by atoms with van der Waals surface area (Å²) in [6.07, 6.45) is 3.58. The number of fused-ring (bicyclic) bond motifs is 1. The fraction of sp³-hybridized carbons (Fsp3) is 0.286. The van der Waals surface area contributed by atoms with Crippen LogP contribution in [0.3, 0.4) is 0 Å². The molecule has 0 aliphatic carbocycles. The van der Waals surface area contributed by atoms with Crippen LogP contribution in [0.25, 0.3) is 33.9 Å². The van der Waals surface area contributed by atoms with E-state index in [1.807, 2.05) is 47.0 Å². The van der Waals surface area contributed by atoms with Gasteiger partial charge < -0.3 is 24.7 Å². The van der Waals surface area contributed by atoms with E-state index in [-0.39, 0.29) is 5.82 Å². The molecule has 1 fully saturated rings. The maximum atomic E-state index is 6.30. The molecule has 0 unspecified atom stereocenters. The molecule has 0 amide bonds. The van der Waals surface area contributed by atoms with Gasteiger partial charge in [0.2, 0.25) is 5.95 Å². The van der Waals surface area contributed by atoms with Crippen molar-refractivity contribution in [3.63, 3.8) is 0 Å². The summed E-state index contributed by atoms with van der Waals surface area (Å²) in [6, 6.07) is 7.65. The second-order valence-electron chi connectivity index (χ2n) is 7.19. The van der Waals surface area contributed by atoms with Crippen molar-refractivity contribution >= 4 is 22.9 Å². The van der Waals surface area contributed by atoms with Gasteiger partial charge in [0.05, 0.1) is 20.3 Å². The van der Waals surface area contributed by atoms with Crippen molar-refractivity contribution in [2.75, 3.05) is 44.0 Å². The molecule has 0 spiro atoms. The topological polar surface area (TPSA) is 117 Å². The Morgan fingerprint density at radius 3 is 2.45 bits per heavy atom.